The Bertz CT molecular complexity index is 1080. The molecule has 0 aliphatic carbocycles. The molecule has 0 bridgehead atoms. The molecular formula is C23H28N3O2S+. The van der Waals surface area contributed by atoms with Crippen LogP contribution in [0.15, 0.2) is 30.3 Å². The number of fused-ring (bicyclic) bond motifs is 2. The highest BCUT2D eigenvalue weighted by Crippen LogP contribution is 2.33. The quantitative estimate of drug-likeness (QED) is 0.398. The Labute approximate surface area is 175 Å². The van der Waals surface area contributed by atoms with Crippen molar-refractivity contribution in [3.8, 4) is 0 Å². The number of rotatable bonds is 1. The minimum Gasteiger partial charge on any atom is -0.444 e. The highest BCUT2D eigenvalue weighted by atomic mass is 32.1. The number of para-hydroxylation sites is 1. The van der Waals surface area contributed by atoms with Gasteiger partial charge in [0.1, 0.15) is 16.6 Å². The molecule has 4 rings (SSSR count). The molecule has 0 radical (unpaired) electrons. The van der Waals surface area contributed by atoms with Crippen molar-refractivity contribution in [1.82, 2.24) is 9.88 Å². The van der Waals surface area contributed by atoms with Crippen LogP contribution in [0.3, 0.4) is 0 Å². The van der Waals surface area contributed by atoms with Crippen molar-refractivity contribution in [1.29, 1.82) is 0 Å². The zero-order chi connectivity index (χ0) is 20.8. The SMILES string of the molecule is Cc1cccc2[s+]c3cc(N4CCN(C(=O)OC(C)(C)C)CC4)cc(C)c3nc12. The number of carbonyl (C=O) groups excluding carboxylic acids is 1. The van der Waals surface area contributed by atoms with Crippen LogP contribution in [0.1, 0.15) is 31.9 Å². The molecule has 1 aliphatic rings. The highest BCUT2D eigenvalue weighted by Gasteiger charge is 2.27. The summed E-state index contributed by atoms with van der Waals surface area (Å²) in [5.74, 6) is 0. The second-order valence-electron chi connectivity index (χ2n) is 8.70. The molecule has 0 unspecified atom stereocenters. The van der Waals surface area contributed by atoms with Crippen LogP contribution in [0.25, 0.3) is 20.4 Å². The maximum Gasteiger partial charge on any atom is 0.410 e. The van der Waals surface area contributed by atoms with Gasteiger partial charge in [0.25, 0.3) is 9.40 Å². The Kier molecular flexibility index (Phi) is 5.07. The Hall–Kier alpha value is -2.47. The second kappa shape index (κ2) is 7.41. The number of benzene rings is 2. The molecule has 152 valence electrons. The average Bonchev–Trinajstić information content (AvgIpc) is 2.66. The molecule has 1 aliphatic heterocycles. The first-order valence-electron chi connectivity index (χ1n) is 10.1. The smallest absolute Gasteiger partial charge is 0.410 e. The number of hydrogen-bond donors (Lipinski definition) is 0. The molecule has 1 aromatic heterocycles. The minimum atomic E-state index is -0.459. The summed E-state index contributed by atoms with van der Waals surface area (Å²) >= 11 is 1.80. The van der Waals surface area contributed by atoms with E-state index in [0.29, 0.717) is 13.1 Å². The van der Waals surface area contributed by atoms with Crippen molar-refractivity contribution in [2.75, 3.05) is 31.1 Å². The van der Waals surface area contributed by atoms with Crippen molar-refractivity contribution in [3.63, 3.8) is 0 Å². The third kappa shape index (κ3) is 4.13. The maximum absolute atomic E-state index is 12.3. The molecule has 0 N–H and O–H groups in total. The standard InChI is InChI=1S/C23H28N3O2S/c1-15-7-6-8-18-20(15)24-21-16(2)13-17(14-19(21)29-18)25-9-11-26(12-10-25)22(27)28-23(3,4)5/h6-8,13-14H,9-12H2,1-5H3/q+1. The fourth-order valence-electron chi connectivity index (χ4n) is 3.69. The lowest BCUT2D eigenvalue weighted by molar-refractivity contribution is 0.0240. The van der Waals surface area contributed by atoms with Crippen LogP contribution in [0.2, 0.25) is 0 Å². The van der Waals surface area contributed by atoms with Crippen LogP contribution < -0.4 is 4.90 Å². The number of carbonyl (C=O) groups is 1. The Morgan fingerprint density at radius 1 is 1.00 bits per heavy atom. The Morgan fingerprint density at radius 3 is 2.38 bits per heavy atom. The summed E-state index contributed by atoms with van der Waals surface area (Å²) < 4.78 is 7.92. The summed E-state index contributed by atoms with van der Waals surface area (Å²) in [6, 6.07) is 10.8. The van der Waals surface area contributed by atoms with E-state index in [4.69, 9.17) is 9.72 Å². The summed E-state index contributed by atoms with van der Waals surface area (Å²) in [6.45, 7) is 12.9. The van der Waals surface area contributed by atoms with Crippen LogP contribution >= 0.6 is 11.3 Å². The summed E-state index contributed by atoms with van der Waals surface area (Å²) in [6.07, 6.45) is -0.222. The predicted molar refractivity (Wildman–Crippen MR) is 121 cm³/mol. The van der Waals surface area contributed by atoms with Crippen LogP contribution in [-0.4, -0.2) is 47.8 Å². The predicted octanol–water partition coefficient (Wildman–Crippen LogP) is 5.40. The van der Waals surface area contributed by atoms with E-state index in [1.54, 1.807) is 16.2 Å². The highest BCUT2D eigenvalue weighted by molar-refractivity contribution is 7.24. The van der Waals surface area contributed by atoms with Crippen molar-refractivity contribution in [3.05, 3.63) is 41.5 Å². The molecule has 3 aromatic rings. The molecule has 1 saturated heterocycles. The molecule has 2 aromatic carbocycles. The van der Waals surface area contributed by atoms with E-state index >= 15 is 0 Å². The maximum atomic E-state index is 12.3. The third-order valence-corrected chi connectivity index (χ3v) is 6.27. The summed E-state index contributed by atoms with van der Waals surface area (Å²) in [5.41, 5.74) is 5.30. The lowest BCUT2D eigenvalue weighted by Crippen LogP contribution is -2.50. The topological polar surface area (TPSA) is 45.7 Å². The number of aromatic nitrogens is 1. The zero-order valence-corrected chi connectivity index (χ0v) is 18.6. The van der Waals surface area contributed by atoms with Gasteiger partial charge >= 0.3 is 6.09 Å². The summed E-state index contributed by atoms with van der Waals surface area (Å²) in [7, 11) is 0. The van der Waals surface area contributed by atoms with Gasteiger partial charge in [-0.1, -0.05) is 12.1 Å². The van der Waals surface area contributed by atoms with Gasteiger partial charge in [-0.15, -0.1) is 0 Å². The first-order valence-corrected chi connectivity index (χ1v) is 10.9. The van der Waals surface area contributed by atoms with E-state index in [9.17, 15) is 4.79 Å². The molecule has 0 spiro atoms. The van der Waals surface area contributed by atoms with Gasteiger partial charge < -0.3 is 14.5 Å². The van der Waals surface area contributed by atoms with Gasteiger partial charge in [-0.2, -0.15) is 0 Å². The summed E-state index contributed by atoms with van der Waals surface area (Å²) in [5, 5.41) is 0. The van der Waals surface area contributed by atoms with Gasteiger partial charge in [0.2, 0.25) is 11.3 Å². The van der Waals surface area contributed by atoms with Gasteiger partial charge in [0.15, 0.2) is 0 Å². The van der Waals surface area contributed by atoms with Crippen molar-refractivity contribution in [2.45, 2.75) is 40.2 Å². The first kappa shape index (κ1) is 19.8. The molecule has 1 amide bonds. The first-order chi connectivity index (χ1) is 13.7. The fourth-order valence-corrected chi connectivity index (χ4v) is 4.86. The van der Waals surface area contributed by atoms with Gasteiger partial charge in [0.05, 0.1) is 0 Å². The molecule has 0 saturated carbocycles. The van der Waals surface area contributed by atoms with Gasteiger partial charge in [-0.3, -0.25) is 0 Å². The molecule has 29 heavy (non-hydrogen) atoms. The van der Waals surface area contributed by atoms with Crippen LogP contribution in [0.5, 0.6) is 0 Å². The van der Waals surface area contributed by atoms with E-state index in [1.165, 1.54) is 26.2 Å². The lowest BCUT2D eigenvalue weighted by atomic mass is 10.1. The third-order valence-electron chi connectivity index (χ3n) is 5.19. The van der Waals surface area contributed by atoms with Crippen molar-refractivity contribution in [2.24, 2.45) is 0 Å². The number of amides is 1. The molecule has 5 nitrogen and oxygen atoms in total. The van der Waals surface area contributed by atoms with Crippen LogP contribution in [0, 0.1) is 13.8 Å². The monoisotopic (exact) mass is 410 g/mol. The number of nitrogens with zero attached hydrogens (tertiary/aromatic N) is 3. The Balaban J connectivity index is 1.57. The lowest BCUT2D eigenvalue weighted by Gasteiger charge is -2.36. The molecule has 0 atom stereocenters. The van der Waals surface area contributed by atoms with E-state index in [2.05, 4.69) is 49.1 Å². The molecule has 6 heteroatoms. The largest absolute Gasteiger partial charge is 0.444 e. The number of piperazine rings is 1. The number of hydrogen-bond acceptors (Lipinski definition) is 4. The van der Waals surface area contributed by atoms with Gasteiger partial charge in [-0.25, -0.2) is 9.78 Å². The van der Waals surface area contributed by atoms with E-state index in [1.807, 2.05) is 20.8 Å². The minimum absolute atomic E-state index is 0.222. The van der Waals surface area contributed by atoms with Crippen molar-refractivity contribution >= 4 is 43.6 Å². The van der Waals surface area contributed by atoms with Crippen LogP contribution in [-0.2, 0) is 4.74 Å². The van der Waals surface area contributed by atoms with E-state index in [-0.39, 0.29) is 6.09 Å². The zero-order valence-electron chi connectivity index (χ0n) is 17.8. The average molecular weight is 411 g/mol. The summed E-state index contributed by atoms with van der Waals surface area (Å²) in [4.78, 5) is 21.4. The van der Waals surface area contributed by atoms with Gasteiger partial charge in [0, 0.05) is 44.0 Å². The van der Waals surface area contributed by atoms with E-state index < -0.39 is 5.60 Å². The Morgan fingerprint density at radius 2 is 1.69 bits per heavy atom. The van der Waals surface area contributed by atoms with Crippen molar-refractivity contribution < 1.29 is 9.53 Å². The molecule has 1 fully saturated rings. The molecular weight excluding hydrogens is 382 g/mol. The number of aryl methyl sites for hydroxylation is 2. The number of anilines is 1. The van der Waals surface area contributed by atoms with E-state index in [0.717, 1.165) is 24.1 Å². The normalized spacial score (nSPS) is 15.2. The van der Waals surface area contributed by atoms with Gasteiger partial charge in [-0.05, 0) is 51.8 Å². The van der Waals surface area contributed by atoms with Crippen LogP contribution in [0.4, 0.5) is 10.5 Å². The second-order valence-corrected chi connectivity index (χ2v) is 9.78. The fraction of sp³-hybridized carbons (Fsp3) is 0.435. The number of ether oxygens (including phenoxy) is 1. The molecule has 2 heterocycles.